The van der Waals surface area contributed by atoms with Crippen LogP contribution in [0, 0.1) is 50.7 Å². The third-order valence-electron chi connectivity index (χ3n) is 6.94. The molecule has 6 heteroatoms. The van der Waals surface area contributed by atoms with Gasteiger partial charge in [-0.3, -0.25) is 4.90 Å². The third kappa shape index (κ3) is 2.66. The van der Waals surface area contributed by atoms with Crippen LogP contribution in [0.4, 0.5) is 0 Å². The molecule has 1 atom stereocenters. The van der Waals surface area contributed by atoms with Gasteiger partial charge in [-0.15, -0.1) is 0 Å². The van der Waals surface area contributed by atoms with Crippen molar-refractivity contribution in [1.29, 1.82) is 15.8 Å². The smallest absolute Gasteiger partial charge is 0.190 e. The molecule has 2 heterocycles. The van der Waals surface area contributed by atoms with Crippen molar-refractivity contribution in [1.82, 2.24) is 9.80 Å². The molecule has 27 heavy (non-hydrogen) atoms. The molecule has 2 aliphatic heterocycles. The lowest BCUT2D eigenvalue weighted by atomic mass is 9.47. The Morgan fingerprint density at radius 1 is 1.15 bits per heavy atom. The van der Waals surface area contributed by atoms with Crippen LogP contribution in [0.1, 0.15) is 33.1 Å². The van der Waals surface area contributed by atoms with Gasteiger partial charge in [0.1, 0.15) is 6.07 Å². The Kier molecular flexibility index (Phi) is 5.29. The third-order valence-corrected chi connectivity index (χ3v) is 6.94. The van der Waals surface area contributed by atoms with Gasteiger partial charge in [-0.25, -0.2) is 0 Å². The van der Waals surface area contributed by atoms with Gasteiger partial charge in [0.2, 0.25) is 0 Å². The van der Waals surface area contributed by atoms with E-state index in [2.05, 4.69) is 47.9 Å². The van der Waals surface area contributed by atoms with E-state index < -0.39 is 10.8 Å². The summed E-state index contributed by atoms with van der Waals surface area (Å²) in [6, 6.07) is 6.81. The Hall–Kier alpha value is -2.33. The van der Waals surface area contributed by atoms with Gasteiger partial charge < -0.3 is 10.6 Å². The Bertz CT molecular complexity index is 765. The number of allylic oxidation sites excluding steroid dienone is 2. The maximum atomic E-state index is 10.2. The highest BCUT2D eigenvalue weighted by molar-refractivity contribution is 5.58. The summed E-state index contributed by atoms with van der Waals surface area (Å²) in [6.07, 6.45) is 4.67. The van der Waals surface area contributed by atoms with Gasteiger partial charge >= 0.3 is 0 Å². The maximum Gasteiger partial charge on any atom is 0.190 e. The minimum Gasteiger partial charge on any atom is -0.399 e. The van der Waals surface area contributed by atoms with E-state index in [0.29, 0.717) is 5.57 Å². The molecule has 0 bridgehead atoms. The molecule has 0 aromatic rings. The van der Waals surface area contributed by atoms with Crippen LogP contribution < -0.4 is 5.73 Å². The number of fused-ring (bicyclic) bond motifs is 2. The van der Waals surface area contributed by atoms with E-state index in [4.69, 9.17) is 5.73 Å². The van der Waals surface area contributed by atoms with Crippen LogP contribution >= 0.6 is 0 Å². The van der Waals surface area contributed by atoms with Crippen LogP contribution in [0.3, 0.4) is 0 Å². The van der Waals surface area contributed by atoms with Gasteiger partial charge in [0.05, 0.1) is 23.4 Å². The summed E-state index contributed by atoms with van der Waals surface area (Å²) in [5.41, 5.74) is 5.94. The zero-order chi connectivity index (χ0) is 19.7. The SMILES string of the molecule is CCCN1CC=C2C(C#N)=C(N)C(C#N)(C#N)C3(CCN(CC)CC3)[C@@H]2C1. The second kappa shape index (κ2) is 7.35. The van der Waals surface area contributed by atoms with Crippen LogP contribution in [-0.4, -0.2) is 49.1 Å². The zero-order valence-corrected chi connectivity index (χ0v) is 16.3. The molecule has 1 fully saturated rings. The maximum absolute atomic E-state index is 10.2. The molecule has 1 spiro atoms. The first kappa shape index (κ1) is 19.4. The summed E-state index contributed by atoms with van der Waals surface area (Å²) in [5.74, 6) is -0.00180. The van der Waals surface area contributed by atoms with Gasteiger partial charge in [0.25, 0.3) is 0 Å². The van der Waals surface area contributed by atoms with Gasteiger partial charge in [-0.05, 0) is 51.0 Å². The number of nitrogens with zero attached hydrogens (tertiary/aromatic N) is 5. The highest BCUT2D eigenvalue weighted by atomic mass is 15.1. The highest BCUT2D eigenvalue weighted by Crippen LogP contribution is 2.61. The topological polar surface area (TPSA) is 104 Å². The molecule has 6 nitrogen and oxygen atoms in total. The Balaban J connectivity index is 2.19. The number of hydrogen-bond donors (Lipinski definition) is 1. The molecular weight excluding hydrogens is 336 g/mol. The summed E-state index contributed by atoms with van der Waals surface area (Å²) in [7, 11) is 0. The average molecular weight is 364 g/mol. The molecule has 2 N–H and O–H groups in total. The van der Waals surface area contributed by atoms with Crippen molar-refractivity contribution in [2.75, 3.05) is 39.3 Å². The van der Waals surface area contributed by atoms with E-state index in [9.17, 15) is 15.8 Å². The molecule has 0 aromatic carbocycles. The fourth-order valence-electron chi connectivity index (χ4n) is 5.41. The minimum atomic E-state index is -1.44. The van der Waals surface area contributed by atoms with Crippen LogP contribution in [0.5, 0.6) is 0 Å². The summed E-state index contributed by atoms with van der Waals surface area (Å²) in [6.45, 7) is 9.52. The van der Waals surface area contributed by atoms with Crippen LogP contribution in [0.2, 0.25) is 0 Å². The molecule has 3 rings (SSSR count). The lowest BCUT2D eigenvalue weighted by Crippen LogP contribution is -2.60. The predicted molar refractivity (Wildman–Crippen MR) is 103 cm³/mol. The van der Waals surface area contributed by atoms with Gasteiger partial charge in [-0.2, -0.15) is 15.8 Å². The number of piperidine rings is 1. The predicted octanol–water partition coefficient (Wildman–Crippen LogP) is 2.14. The van der Waals surface area contributed by atoms with Gasteiger partial charge in [0, 0.05) is 24.4 Å². The molecule has 1 aliphatic carbocycles. The normalized spacial score (nSPS) is 27.2. The molecule has 0 unspecified atom stereocenters. The average Bonchev–Trinajstić information content (AvgIpc) is 2.70. The molecule has 0 aromatic heterocycles. The minimum absolute atomic E-state index is 0.00180. The van der Waals surface area contributed by atoms with Gasteiger partial charge in [-0.1, -0.05) is 19.9 Å². The molecule has 3 aliphatic rings. The molecule has 0 radical (unpaired) electrons. The van der Waals surface area contributed by atoms with Crippen molar-refractivity contribution in [2.45, 2.75) is 33.1 Å². The number of hydrogen-bond acceptors (Lipinski definition) is 6. The fraction of sp³-hybridized carbons (Fsp3) is 0.667. The quantitative estimate of drug-likeness (QED) is 0.823. The van der Waals surface area contributed by atoms with Crippen molar-refractivity contribution in [3.63, 3.8) is 0 Å². The van der Waals surface area contributed by atoms with Crippen LogP contribution in [-0.2, 0) is 0 Å². The van der Waals surface area contributed by atoms with E-state index >= 15 is 0 Å². The molecular formula is C21H28N6. The fourth-order valence-corrected chi connectivity index (χ4v) is 5.41. The first-order chi connectivity index (χ1) is 13.0. The van der Waals surface area contributed by atoms with Gasteiger partial charge in [0.15, 0.2) is 5.41 Å². The van der Waals surface area contributed by atoms with E-state index in [0.717, 1.165) is 64.1 Å². The first-order valence-electron chi connectivity index (χ1n) is 9.91. The zero-order valence-electron chi connectivity index (χ0n) is 16.3. The Morgan fingerprint density at radius 3 is 2.33 bits per heavy atom. The molecule has 0 amide bonds. The van der Waals surface area contributed by atoms with E-state index in [1.54, 1.807) is 0 Å². The first-order valence-corrected chi connectivity index (χ1v) is 9.91. The number of nitriles is 3. The van der Waals surface area contributed by atoms with E-state index in [1.165, 1.54) is 0 Å². The second-order valence-corrected chi connectivity index (χ2v) is 7.94. The van der Waals surface area contributed by atoms with Crippen molar-refractivity contribution in [3.8, 4) is 18.2 Å². The summed E-state index contributed by atoms with van der Waals surface area (Å²) < 4.78 is 0. The number of likely N-dealkylation sites (tertiary alicyclic amines) is 1. The Morgan fingerprint density at radius 2 is 1.81 bits per heavy atom. The number of rotatable bonds is 3. The monoisotopic (exact) mass is 364 g/mol. The lowest BCUT2D eigenvalue weighted by molar-refractivity contribution is -0.00936. The molecule has 142 valence electrons. The second-order valence-electron chi connectivity index (χ2n) is 7.94. The summed E-state index contributed by atoms with van der Waals surface area (Å²) in [4.78, 5) is 4.73. The van der Waals surface area contributed by atoms with Crippen molar-refractivity contribution in [2.24, 2.45) is 22.5 Å². The number of nitrogens with two attached hydrogens (primary N) is 1. The summed E-state index contributed by atoms with van der Waals surface area (Å²) in [5, 5.41) is 30.2. The highest BCUT2D eigenvalue weighted by Gasteiger charge is 2.64. The van der Waals surface area contributed by atoms with Crippen molar-refractivity contribution >= 4 is 0 Å². The molecule has 1 saturated heterocycles. The lowest BCUT2D eigenvalue weighted by Gasteiger charge is -2.57. The summed E-state index contributed by atoms with van der Waals surface area (Å²) >= 11 is 0. The van der Waals surface area contributed by atoms with E-state index in [-0.39, 0.29) is 11.6 Å². The molecule has 0 saturated carbocycles. The van der Waals surface area contributed by atoms with Crippen LogP contribution in [0.15, 0.2) is 22.9 Å². The van der Waals surface area contributed by atoms with E-state index in [1.807, 2.05) is 0 Å². The Labute approximate surface area is 162 Å². The standard InChI is InChI=1S/C21H28N6/c1-3-8-27-9-5-16-17(12-22)19(25)21(14-23,15-24)20(18(16)13-27)6-10-26(4-2)11-7-20/h5,18H,3-4,6-11,13,25H2,1-2H3/t18-/m1/s1. The van der Waals surface area contributed by atoms with Crippen LogP contribution in [0.25, 0.3) is 0 Å². The van der Waals surface area contributed by atoms with Crippen molar-refractivity contribution < 1.29 is 0 Å². The largest absolute Gasteiger partial charge is 0.399 e. The van der Waals surface area contributed by atoms with Crippen molar-refractivity contribution in [3.05, 3.63) is 22.9 Å².